The number of benzene rings is 2. The molecule has 27 heavy (non-hydrogen) atoms. The Hall–Kier alpha value is -2.45. The molecule has 142 valence electrons. The number of carbonyl (C=O) groups excluding carboxylic acids is 1. The fraction of sp³-hybridized carbons (Fsp3) is 0.316. The summed E-state index contributed by atoms with van der Waals surface area (Å²) in [5.74, 6) is 0.276. The average Bonchev–Trinajstić information content (AvgIpc) is 3.15. The van der Waals surface area contributed by atoms with Crippen LogP contribution in [0.5, 0.6) is 5.75 Å². The summed E-state index contributed by atoms with van der Waals surface area (Å²) < 4.78 is 11.9. The van der Waals surface area contributed by atoms with Crippen LogP contribution in [0.15, 0.2) is 40.9 Å². The Morgan fingerprint density at radius 2 is 2.22 bits per heavy atom. The highest BCUT2D eigenvalue weighted by Crippen LogP contribution is 2.29. The van der Waals surface area contributed by atoms with Crippen molar-refractivity contribution in [2.24, 2.45) is 0 Å². The molecular weight excluding hydrogens is 416 g/mol. The first-order valence-corrected chi connectivity index (χ1v) is 9.34. The first-order chi connectivity index (χ1) is 13.0. The molecule has 0 saturated carbocycles. The van der Waals surface area contributed by atoms with Gasteiger partial charge in [-0.1, -0.05) is 6.07 Å². The molecule has 3 rings (SSSR count). The molecule has 1 aliphatic rings. The van der Waals surface area contributed by atoms with E-state index in [2.05, 4.69) is 21.2 Å². The number of amides is 1. The average molecular weight is 435 g/mol. The van der Waals surface area contributed by atoms with Gasteiger partial charge in [-0.3, -0.25) is 14.9 Å². The summed E-state index contributed by atoms with van der Waals surface area (Å²) in [4.78, 5) is 23.1. The fourth-order valence-electron chi connectivity index (χ4n) is 2.87. The van der Waals surface area contributed by atoms with Gasteiger partial charge in [-0.15, -0.1) is 0 Å². The van der Waals surface area contributed by atoms with E-state index in [1.165, 1.54) is 6.07 Å². The SMILES string of the molecule is Cc1c(NC(=O)c2ccc(OCC3CCCO3)c(Br)c2)cccc1[N+](=O)[O-]. The van der Waals surface area contributed by atoms with Crippen LogP contribution in [-0.2, 0) is 4.74 Å². The molecule has 1 aliphatic heterocycles. The minimum atomic E-state index is -0.470. The van der Waals surface area contributed by atoms with E-state index in [0.717, 1.165) is 19.4 Å². The largest absolute Gasteiger partial charge is 0.490 e. The number of halogens is 1. The lowest BCUT2D eigenvalue weighted by Gasteiger charge is -2.14. The number of rotatable bonds is 6. The zero-order valence-corrected chi connectivity index (χ0v) is 16.3. The normalized spacial score (nSPS) is 16.1. The molecule has 0 radical (unpaired) electrons. The Bertz CT molecular complexity index is 865. The van der Waals surface area contributed by atoms with Gasteiger partial charge < -0.3 is 14.8 Å². The molecule has 7 nitrogen and oxygen atoms in total. The Balaban J connectivity index is 1.69. The number of nitro benzene ring substituents is 1. The van der Waals surface area contributed by atoms with Crippen molar-refractivity contribution in [1.82, 2.24) is 0 Å². The molecular formula is C19H19BrN2O5. The van der Waals surface area contributed by atoms with Gasteiger partial charge in [-0.05, 0) is 60.0 Å². The van der Waals surface area contributed by atoms with Gasteiger partial charge in [0.1, 0.15) is 12.4 Å². The van der Waals surface area contributed by atoms with Gasteiger partial charge in [0.05, 0.1) is 26.8 Å². The van der Waals surface area contributed by atoms with Gasteiger partial charge in [-0.25, -0.2) is 0 Å². The minimum absolute atomic E-state index is 0.0353. The van der Waals surface area contributed by atoms with Crippen LogP contribution in [0.1, 0.15) is 28.8 Å². The van der Waals surface area contributed by atoms with Gasteiger partial charge in [0.2, 0.25) is 0 Å². The molecule has 1 atom stereocenters. The summed E-state index contributed by atoms with van der Waals surface area (Å²) in [5.41, 5.74) is 1.19. The standard InChI is InChI=1S/C19H19BrN2O5/c1-12-16(5-2-6-17(12)22(24)25)21-19(23)13-7-8-18(15(20)10-13)27-11-14-4-3-9-26-14/h2,5-8,10,14H,3-4,9,11H2,1H3,(H,21,23). The van der Waals surface area contributed by atoms with Crippen LogP contribution in [0.25, 0.3) is 0 Å². The molecule has 1 fully saturated rings. The van der Waals surface area contributed by atoms with Crippen molar-refractivity contribution in [2.75, 3.05) is 18.5 Å². The van der Waals surface area contributed by atoms with E-state index in [9.17, 15) is 14.9 Å². The number of nitro groups is 1. The molecule has 0 aromatic heterocycles. The molecule has 1 amide bonds. The second-order valence-corrected chi connectivity index (χ2v) is 7.11. The van der Waals surface area contributed by atoms with Crippen molar-refractivity contribution in [3.05, 3.63) is 62.1 Å². The van der Waals surface area contributed by atoms with Crippen LogP contribution in [0.4, 0.5) is 11.4 Å². The van der Waals surface area contributed by atoms with Crippen LogP contribution in [0.3, 0.4) is 0 Å². The summed E-state index contributed by atoms with van der Waals surface area (Å²) in [7, 11) is 0. The molecule has 1 unspecified atom stereocenters. The second-order valence-electron chi connectivity index (χ2n) is 6.25. The van der Waals surface area contributed by atoms with Crippen molar-refractivity contribution in [3.63, 3.8) is 0 Å². The van der Waals surface area contributed by atoms with Crippen LogP contribution < -0.4 is 10.1 Å². The van der Waals surface area contributed by atoms with Crippen molar-refractivity contribution in [3.8, 4) is 5.75 Å². The molecule has 8 heteroatoms. The second kappa shape index (κ2) is 8.49. The monoisotopic (exact) mass is 434 g/mol. The van der Waals surface area contributed by atoms with Crippen LogP contribution in [-0.4, -0.2) is 30.1 Å². The lowest BCUT2D eigenvalue weighted by Crippen LogP contribution is -2.17. The molecule has 1 N–H and O–H groups in total. The quantitative estimate of drug-likeness (QED) is 0.534. The highest BCUT2D eigenvalue weighted by molar-refractivity contribution is 9.10. The summed E-state index contributed by atoms with van der Waals surface area (Å²) in [6.07, 6.45) is 2.14. The highest BCUT2D eigenvalue weighted by Gasteiger charge is 2.18. The molecule has 0 bridgehead atoms. The number of ether oxygens (including phenoxy) is 2. The van der Waals surface area contributed by atoms with Crippen LogP contribution in [0.2, 0.25) is 0 Å². The zero-order chi connectivity index (χ0) is 19.4. The minimum Gasteiger partial charge on any atom is -0.490 e. The summed E-state index contributed by atoms with van der Waals surface area (Å²) >= 11 is 3.42. The number of nitrogens with one attached hydrogen (secondary N) is 1. The van der Waals surface area contributed by atoms with Gasteiger partial charge >= 0.3 is 0 Å². The summed E-state index contributed by atoms with van der Waals surface area (Å²) in [6, 6.07) is 9.60. The molecule has 1 saturated heterocycles. The predicted octanol–water partition coefficient (Wildman–Crippen LogP) is 4.48. The van der Waals surface area contributed by atoms with Gasteiger partial charge in [0.25, 0.3) is 11.6 Å². The van der Waals surface area contributed by atoms with Crippen molar-refractivity contribution < 1.29 is 19.2 Å². The van der Waals surface area contributed by atoms with E-state index in [1.54, 1.807) is 37.3 Å². The van der Waals surface area contributed by atoms with E-state index in [4.69, 9.17) is 9.47 Å². The predicted molar refractivity (Wildman–Crippen MR) is 104 cm³/mol. The number of carbonyl (C=O) groups is 1. The van der Waals surface area contributed by atoms with E-state index >= 15 is 0 Å². The van der Waals surface area contributed by atoms with E-state index in [1.807, 2.05) is 0 Å². The number of hydrogen-bond donors (Lipinski definition) is 1. The molecule has 2 aromatic carbocycles. The third-order valence-electron chi connectivity index (χ3n) is 4.39. The lowest BCUT2D eigenvalue weighted by atomic mass is 10.1. The fourth-order valence-corrected chi connectivity index (χ4v) is 3.36. The van der Waals surface area contributed by atoms with Crippen molar-refractivity contribution in [1.29, 1.82) is 0 Å². The van der Waals surface area contributed by atoms with Crippen LogP contribution in [0, 0.1) is 17.0 Å². The van der Waals surface area contributed by atoms with E-state index in [-0.39, 0.29) is 17.7 Å². The van der Waals surface area contributed by atoms with E-state index in [0.29, 0.717) is 33.6 Å². The lowest BCUT2D eigenvalue weighted by molar-refractivity contribution is -0.385. The van der Waals surface area contributed by atoms with Gasteiger partial charge in [-0.2, -0.15) is 0 Å². The summed E-state index contributed by atoms with van der Waals surface area (Å²) in [5, 5.41) is 13.8. The number of hydrogen-bond acceptors (Lipinski definition) is 5. The maximum atomic E-state index is 12.5. The Labute approximate surface area is 164 Å². The molecule has 0 spiro atoms. The molecule has 2 aromatic rings. The maximum Gasteiger partial charge on any atom is 0.274 e. The Morgan fingerprint density at radius 1 is 1.41 bits per heavy atom. The molecule has 0 aliphatic carbocycles. The molecule has 1 heterocycles. The number of anilines is 1. The smallest absolute Gasteiger partial charge is 0.274 e. The van der Waals surface area contributed by atoms with Crippen LogP contribution >= 0.6 is 15.9 Å². The summed E-state index contributed by atoms with van der Waals surface area (Å²) in [6.45, 7) is 2.84. The van der Waals surface area contributed by atoms with E-state index < -0.39 is 4.92 Å². The highest BCUT2D eigenvalue weighted by atomic mass is 79.9. The van der Waals surface area contributed by atoms with Crippen molar-refractivity contribution >= 4 is 33.2 Å². The topological polar surface area (TPSA) is 90.7 Å². The first kappa shape index (κ1) is 19.3. The van der Waals surface area contributed by atoms with Crippen molar-refractivity contribution in [2.45, 2.75) is 25.9 Å². The Morgan fingerprint density at radius 3 is 2.89 bits per heavy atom. The number of nitrogens with zero attached hydrogens (tertiary/aromatic N) is 1. The first-order valence-electron chi connectivity index (χ1n) is 8.55. The third-order valence-corrected chi connectivity index (χ3v) is 5.01. The zero-order valence-electron chi connectivity index (χ0n) is 14.7. The Kier molecular flexibility index (Phi) is 6.08. The third kappa shape index (κ3) is 4.64. The van der Waals surface area contributed by atoms with Gasteiger partial charge in [0, 0.05) is 18.2 Å². The van der Waals surface area contributed by atoms with Gasteiger partial charge in [0.15, 0.2) is 0 Å². The maximum absolute atomic E-state index is 12.5.